The van der Waals surface area contributed by atoms with Crippen LogP contribution < -0.4 is 5.32 Å². The maximum atomic E-state index is 12.3. The second-order valence-electron chi connectivity index (χ2n) is 7.63. The van der Waals surface area contributed by atoms with Gasteiger partial charge < -0.3 is 10.1 Å². The fourth-order valence-corrected chi connectivity index (χ4v) is 2.89. The van der Waals surface area contributed by atoms with Crippen molar-refractivity contribution in [3.8, 4) is 11.1 Å². The zero-order chi connectivity index (χ0) is 20.1. The number of aryl methyl sites for hydroxylation is 1. The Labute approximate surface area is 164 Å². The van der Waals surface area contributed by atoms with Crippen LogP contribution in [0.4, 0.5) is 4.79 Å². The molecule has 2 aromatic carbocycles. The Morgan fingerprint density at radius 1 is 1.07 bits per heavy atom. The minimum Gasteiger partial charge on any atom is -0.444 e. The lowest BCUT2D eigenvalue weighted by Gasteiger charge is -2.23. The van der Waals surface area contributed by atoms with Crippen LogP contribution in [0, 0.1) is 0 Å². The molecule has 1 amide bonds. The second-order valence-corrected chi connectivity index (χ2v) is 7.63. The summed E-state index contributed by atoms with van der Waals surface area (Å²) in [6, 6.07) is 18.0. The Morgan fingerprint density at radius 2 is 1.71 bits per heavy atom. The zero-order valence-corrected chi connectivity index (χ0v) is 16.6. The normalized spacial score (nSPS) is 12.4. The number of ether oxygens (including phenoxy) is 1. The summed E-state index contributed by atoms with van der Waals surface area (Å²) in [5, 5.41) is 14.5. The van der Waals surface area contributed by atoms with Gasteiger partial charge in [0.1, 0.15) is 5.60 Å². The second kappa shape index (κ2) is 8.21. The number of hydrogen-bond donors (Lipinski definition) is 1. The molecule has 1 heterocycles. The molecule has 146 valence electrons. The Bertz CT molecular complexity index is 914. The van der Waals surface area contributed by atoms with Crippen LogP contribution in [0.5, 0.6) is 0 Å². The van der Waals surface area contributed by atoms with Crippen LogP contribution in [0.15, 0.2) is 54.6 Å². The van der Waals surface area contributed by atoms with Crippen molar-refractivity contribution in [2.24, 2.45) is 7.05 Å². The van der Waals surface area contributed by atoms with E-state index in [4.69, 9.17) is 4.74 Å². The molecule has 28 heavy (non-hydrogen) atoms. The Hall–Kier alpha value is -3.22. The molecule has 1 N–H and O–H groups in total. The number of carbonyl (C=O) groups is 1. The molecule has 7 heteroatoms. The molecule has 7 nitrogen and oxygen atoms in total. The Morgan fingerprint density at radius 3 is 2.29 bits per heavy atom. The highest BCUT2D eigenvalue weighted by Crippen LogP contribution is 2.22. The number of tetrazole rings is 1. The molecule has 1 atom stereocenters. The van der Waals surface area contributed by atoms with Crippen LogP contribution in [0.1, 0.15) is 38.2 Å². The van der Waals surface area contributed by atoms with Gasteiger partial charge >= 0.3 is 6.09 Å². The van der Waals surface area contributed by atoms with Gasteiger partial charge in [-0.1, -0.05) is 54.6 Å². The summed E-state index contributed by atoms with van der Waals surface area (Å²) in [7, 11) is 1.75. The minimum atomic E-state index is -0.579. The minimum absolute atomic E-state index is 0.405. The van der Waals surface area contributed by atoms with E-state index in [1.54, 1.807) is 11.7 Å². The van der Waals surface area contributed by atoms with E-state index in [1.807, 2.05) is 39.0 Å². The van der Waals surface area contributed by atoms with Gasteiger partial charge in [-0.3, -0.25) is 0 Å². The SMILES string of the molecule is Cn1nnnc1C(Cc1ccc(-c2ccccc2)cc1)NC(=O)OC(C)(C)C. The molecule has 0 radical (unpaired) electrons. The Balaban J connectivity index is 1.78. The number of hydrogen-bond acceptors (Lipinski definition) is 5. The van der Waals surface area contributed by atoms with Crippen molar-refractivity contribution in [3.63, 3.8) is 0 Å². The molecule has 0 saturated carbocycles. The lowest BCUT2D eigenvalue weighted by molar-refractivity contribution is 0.0500. The van der Waals surface area contributed by atoms with Gasteiger partial charge in [-0.15, -0.1) is 5.10 Å². The number of rotatable bonds is 5. The smallest absolute Gasteiger partial charge is 0.408 e. The molecule has 0 saturated heterocycles. The van der Waals surface area contributed by atoms with Gasteiger partial charge in [-0.05, 0) is 47.9 Å². The van der Waals surface area contributed by atoms with Crippen molar-refractivity contribution in [3.05, 3.63) is 66.0 Å². The van der Waals surface area contributed by atoms with Gasteiger partial charge in [-0.25, -0.2) is 9.48 Å². The highest BCUT2D eigenvalue weighted by atomic mass is 16.6. The van der Waals surface area contributed by atoms with Crippen molar-refractivity contribution < 1.29 is 9.53 Å². The van der Waals surface area contributed by atoms with Crippen LogP contribution in [0.2, 0.25) is 0 Å². The van der Waals surface area contributed by atoms with E-state index in [0.717, 1.165) is 16.7 Å². The van der Waals surface area contributed by atoms with Crippen LogP contribution in [-0.2, 0) is 18.2 Å². The summed E-state index contributed by atoms with van der Waals surface area (Å²) >= 11 is 0. The third-order valence-corrected chi connectivity index (χ3v) is 4.16. The summed E-state index contributed by atoms with van der Waals surface area (Å²) in [4.78, 5) is 12.3. The molecule has 0 aliphatic carbocycles. The van der Waals surface area contributed by atoms with Crippen molar-refractivity contribution >= 4 is 6.09 Å². The molecule has 0 aliphatic rings. The van der Waals surface area contributed by atoms with E-state index >= 15 is 0 Å². The van der Waals surface area contributed by atoms with Crippen LogP contribution in [0.25, 0.3) is 11.1 Å². The highest BCUT2D eigenvalue weighted by molar-refractivity contribution is 5.68. The average molecular weight is 379 g/mol. The number of aromatic nitrogens is 4. The third-order valence-electron chi connectivity index (χ3n) is 4.16. The summed E-state index contributed by atoms with van der Waals surface area (Å²) < 4.78 is 6.95. The number of amides is 1. The van der Waals surface area contributed by atoms with E-state index < -0.39 is 17.7 Å². The van der Waals surface area contributed by atoms with Gasteiger partial charge in [-0.2, -0.15) is 0 Å². The van der Waals surface area contributed by atoms with Gasteiger partial charge in [0.15, 0.2) is 5.82 Å². The van der Waals surface area contributed by atoms with E-state index in [0.29, 0.717) is 12.2 Å². The largest absolute Gasteiger partial charge is 0.444 e. The first-order valence-corrected chi connectivity index (χ1v) is 9.18. The fourth-order valence-electron chi connectivity index (χ4n) is 2.89. The number of benzene rings is 2. The topological polar surface area (TPSA) is 81.9 Å². The first-order chi connectivity index (χ1) is 13.3. The number of nitrogens with zero attached hydrogens (tertiary/aromatic N) is 4. The van der Waals surface area contributed by atoms with Crippen LogP contribution >= 0.6 is 0 Å². The standard InChI is InChI=1S/C21H25N5O2/c1-21(2,3)28-20(27)22-18(19-23-24-25-26(19)4)14-15-10-12-17(13-11-15)16-8-6-5-7-9-16/h5-13,18H,14H2,1-4H3,(H,22,27). The van der Waals surface area contributed by atoms with E-state index in [9.17, 15) is 4.79 Å². The molecule has 0 aliphatic heterocycles. The summed E-state index contributed by atoms with van der Waals surface area (Å²) in [5.41, 5.74) is 2.78. The maximum absolute atomic E-state index is 12.3. The average Bonchev–Trinajstić information content (AvgIpc) is 3.07. The quantitative estimate of drug-likeness (QED) is 0.731. The number of alkyl carbamates (subject to hydrolysis) is 1. The fraction of sp³-hybridized carbons (Fsp3) is 0.333. The van der Waals surface area contributed by atoms with Crippen molar-refractivity contribution in [1.82, 2.24) is 25.5 Å². The van der Waals surface area contributed by atoms with E-state index in [2.05, 4.69) is 57.2 Å². The molecule has 0 fully saturated rings. The molecule has 3 rings (SSSR count). The molecule has 1 aromatic heterocycles. The lowest BCUT2D eigenvalue weighted by Crippen LogP contribution is -2.36. The van der Waals surface area contributed by atoms with Gasteiger partial charge in [0.2, 0.25) is 0 Å². The molecule has 3 aromatic rings. The van der Waals surface area contributed by atoms with Gasteiger partial charge in [0, 0.05) is 13.5 Å². The first kappa shape index (κ1) is 19.5. The molecule has 1 unspecified atom stereocenters. The monoisotopic (exact) mass is 379 g/mol. The van der Waals surface area contributed by atoms with Crippen LogP contribution in [0.3, 0.4) is 0 Å². The molecular weight excluding hydrogens is 354 g/mol. The van der Waals surface area contributed by atoms with Crippen molar-refractivity contribution in [2.45, 2.75) is 38.8 Å². The first-order valence-electron chi connectivity index (χ1n) is 9.18. The third kappa shape index (κ3) is 5.16. The lowest BCUT2D eigenvalue weighted by atomic mass is 10.0. The molecular formula is C21H25N5O2. The van der Waals surface area contributed by atoms with Crippen molar-refractivity contribution in [1.29, 1.82) is 0 Å². The summed E-state index contributed by atoms with van der Waals surface area (Å²) in [5.74, 6) is 0.568. The maximum Gasteiger partial charge on any atom is 0.408 e. The zero-order valence-electron chi connectivity index (χ0n) is 16.6. The van der Waals surface area contributed by atoms with Crippen LogP contribution in [-0.4, -0.2) is 31.9 Å². The van der Waals surface area contributed by atoms with E-state index in [1.165, 1.54) is 0 Å². The van der Waals surface area contributed by atoms with Gasteiger partial charge in [0.25, 0.3) is 0 Å². The predicted octanol–water partition coefficient (Wildman–Crippen LogP) is 3.69. The number of carbonyl (C=O) groups excluding carboxylic acids is 1. The summed E-state index contributed by atoms with van der Waals surface area (Å²) in [6.07, 6.45) is 0.0455. The molecule has 0 spiro atoms. The Kier molecular flexibility index (Phi) is 5.73. The van der Waals surface area contributed by atoms with E-state index in [-0.39, 0.29) is 0 Å². The molecule has 0 bridgehead atoms. The summed E-state index contributed by atoms with van der Waals surface area (Å²) in [6.45, 7) is 5.48. The van der Waals surface area contributed by atoms with Gasteiger partial charge in [0.05, 0.1) is 6.04 Å². The predicted molar refractivity (Wildman–Crippen MR) is 106 cm³/mol. The highest BCUT2D eigenvalue weighted by Gasteiger charge is 2.24. The van der Waals surface area contributed by atoms with Crippen molar-refractivity contribution in [2.75, 3.05) is 0 Å². The number of nitrogens with one attached hydrogen (secondary N) is 1.